The third-order valence-electron chi connectivity index (χ3n) is 4.03. The van der Waals surface area contributed by atoms with Gasteiger partial charge in [-0.05, 0) is 43.9 Å². The maximum atomic E-state index is 13.4. The topological polar surface area (TPSA) is 35.2 Å². The van der Waals surface area contributed by atoms with Crippen molar-refractivity contribution in [3.63, 3.8) is 0 Å². The first-order chi connectivity index (χ1) is 8.23. The molecule has 2 saturated carbocycles. The van der Waals surface area contributed by atoms with Gasteiger partial charge in [-0.25, -0.2) is 4.39 Å². The Labute approximate surface area is 101 Å². The van der Waals surface area contributed by atoms with Crippen molar-refractivity contribution in [1.29, 1.82) is 0 Å². The van der Waals surface area contributed by atoms with Crippen molar-refractivity contribution in [1.82, 2.24) is 0 Å². The van der Waals surface area contributed by atoms with E-state index in [0.29, 0.717) is 12.6 Å². The van der Waals surface area contributed by atoms with Crippen LogP contribution in [0, 0.1) is 5.82 Å². The zero-order valence-corrected chi connectivity index (χ0v) is 9.92. The molecule has 0 unspecified atom stereocenters. The van der Waals surface area contributed by atoms with E-state index in [4.69, 9.17) is 10.5 Å². The van der Waals surface area contributed by atoms with E-state index < -0.39 is 0 Å². The molecule has 0 amide bonds. The molecule has 2 fully saturated rings. The summed E-state index contributed by atoms with van der Waals surface area (Å²) >= 11 is 0. The Morgan fingerprint density at radius 3 is 2.65 bits per heavy atom. The van der Waals surface area contributed by atoms with E-state index in [1.165, 1.54) is 12.5 Å². The van der Waals surface area contributed by atoms with Gasteiger partial charge in [0.25, 0.3) is 0 Å². The van der Waals surface area contributed by atoms with Crippen LogP contribution in [0.4, 0.5) is 4.39 Å². The van der Waals surface area contributed by atoms with E-state index in [9.17, 15) is 4.39 Å². The number of ether oxygens (including phenoxy) is 1. The summed E-state index contributed by atoms with van der Waals surface area (Å²) in [5.74, 6) is 0.655. The first-order valence-electron chi connectivity index (χ1n) is 6.40. The highest BCUT2D eigenvalue weighted by Gasteiger charge is 2.40. The highest BCUT2D eigenvalue weighted by molar-refractivity contribution is 5.42. The van der Waals surface area contributed by atoms with Crippen LogP contribution >= 0.6 is 0 Å². The average molecular weight is 235 g/mol. The van der Waals surface area contributed by atoms with Crippen molar-refractivity contribution < 1.29 is 9.13 Å². The van der Waals surface area contributed by atoms with Gasteiger partial charge in [0.15, 0.2) is 0 Å². The molecule has 0 saturated heterocycles. The van der Waals surface area contributed by atoms with Gasteiger partial charge in [0.2, 0.25) is 0 Å². The molecule has 2 nitrogen and oxygen atoms in total. The first-order valence-corrected chi connectivity index (χ1v) is 6.40. The minimum atomic E-state index is -0.192. The lowest BCUT2D eigenvalue weighted by atomic mass is 9.64. The van der Waals surface area contributed by atoms with Crippen LogP contribution in [0.25, 0.3) is 0 Å². The van der Waals surface area contributed by atoms with Crippen LogP contribution in [-0.2, 0) is 5.41 Å². The quantitative estimate of drug-likeness (QED) is 0.871. The van der Waals surface area contributed by atoms with E-state index in [2.05, 4.69) is 0 Å². The van der Waals surface area contributed by atoms with E-state index in [1.54, 1.807) is 12.1 Å². The van der Waals surface area contributed by atoms with E-state index >= 15 is 0 Å². The maximum Gasteiger partial charge on any atom is 0.123 e. The molecule has 2 aliphatic carbocycles. The Hall–Kier alpha value is -1.09. The molecule has 2 N–H and O–H groups in total. The number of rotatable bonds is 4. The van der Waals surface area contributed by atoms with Crippen LogP contribution < -0.4 is 10.5 Å². The number of nitrogens with two attached hydrogens (primary N) is 1. The van der Waals surface area contributed by atoms with Crippen molar-refractivity contribution in [3.8, 4) is 5.75 Å². The zero-order valence-electron chi connectivity index (χ0n) is 9.92. The van der Waals surface area contributed by atoms with Crippen LogP contribution in [-0.4, -0.2) is 12.6 Å². The lowest BCUT2D eigenvalue weighted by Gasteiger charge is -2.42. The fraction of sp³-hybridized carbons (Fsp3) is 0.571. The van der Waals surface area contributed by atoms with E-state index in [1.807, 2.05) is 0 Å². The van der Waals surface area contributed by atoms with Crippen molar-refractivity contribution >= 4 is 0 Å². The second-order valence-corrected chi connectivity index (χ2v) is 5.30. The SMILES string of the molecule is NCC1(c2cc(F)ccc2OC2CC2)CCC1. The van der Waals surface area contributed by atoms with Gasteiger partial charge in [0.05, 0.1) is 6.10 Å². The fourth-order valence-corrected chi connectivity index (χ4v) is 2.57. The highest BCUT2D eigenvalue weighted by Crippen LogP contribution is 2.47. The summed E-state index contributed by atoms with van der Waals surface area (Å²) in [4.78, 5) is 0. The molecule has 0 aliphatic heterocycles. The van der Waals surface area contributed by atoms with Gasteiger partial charge < -0.3 is 10.5 Å². The molecule has 2 aliphatic rings. The summed E-state index contributed by atoms with van der Waals surface area (Å²) in [6, 6.07) is 4.85. The Morgan fingerprint density at radius 1 is 1.35 bits per heavy atom. The monoisotopic (exact) mass is 235 g/mol. The molecular formula is C14H18FNO. The largest absolute Gasteiger partial charge is 0.490 e. The van der Waals surface area contributed by atoms with E-state index in [-0.39, 0.29) is 11.2 Å². The summed E-state index contributed by atoms with van der Waals surface area (Å²) in [7, 11) is 0. The minimum Gasteiger partial charge on any atom is -0.490 e. The zero-order chi connectivity index (χ0) is 11.9. The lowest BCUT2D eigenvalue weighted by Crippen LogP contribution is -2.42. The lowest BCUT2D eigenvalue weighted by molar-refractivity contribution is 0.230. The van der Waals surface area contributed by atoms with Gasteiger partial charge in [0, 0.05) is 17.5 Å². The number of benzene rings is 1. The third kappa shape index (κ3) is 1.93. The molecule has 17 heavy (non-hydrogen) atoms. The van der Waals surface area contributed by atoms with Gasteiger partial charge in [-0.3, -0.25) is 0 Å². The standard InChI is InChI=1S/C14H18FNO/c15-10-2-5-13(17-11-3-4-11)12(8-10)14(9-16)6-1-7-14/h2,5,8,11H,1,3-4,6-7,9,16H2. The van der Waals surface area contributed by atoms with Crippen molar-refractivity contribution in [2.75, 3.05) is 6.54 Å². The molecule has 0 aromatic heterocycles. The average Bonchev–Trinajstić information content (AvgIpc) is 3.05. The van der Waals surface area contributed by atoms with Gasteiger partial charge >= 0.3 is 0 Å². The van der Waals surface area contributed by atoms with Crippen LogP contribution in [0.5, 0.6) is 5.75 Å². The molecule has 0 atom stereocenters. The second-order valence-electron chi connectivity index (χ2n) is 5.30. The predicted molar refractivity (Wildman–Crippen MR) is 64.6 cm³/mol. The molecule has 3 rings (SSSR count). The number of hydrogen-bond acceptors (Lipinski definition) is 2. The van der Waals surface area contributed by atoms with Crippen molar-refractivity contribution in [3.05, 3.63) is 29.6 Å². The molecule has 1 aromatic rings. The third-order valence-corrected chi connectivity index (χ3v) is 4.03. The predicted octanol–water partition coefficient (Wildman–Crippen LogP) is 2.75. The molecule has 92 valence electrons. The summed E-state index contributed by atoms with van der Waals surface area (Å²) in [6.45, 7) is 0.581. The Kier molecular flexibility index (Phi) is 2.58. The second kappa shape index (κ2) is 3.98. The van der Waals surface area contributed by atoms with Crippen LogP contribution in [0.3, 0.4) is 0 Å². The summed E-state index contributed by atoms with van der Waals surface area (Å²) in [5.41, 5.74) is 6.84. The van der Waals surface area contributed by atoms with Crippen LogP contribution in [0.15, 0.2) is 18.2 Å². The number of hydrogen-bond donors (Lipinski definition) is 1. The highest BCUT2D eigenvalue weighted by atomic mass is 19.1. The molecule has 0 spiro atoms. The molecule has 0 heterocycles. The van der Waals surface area contributed by atoms with Gasteiger partial charge in [-0.15, -0.1) is 0 Å². The first kappa shape index (κ1) is 11.0. The fourth-order valence-electron chi connectivity index (χ4n) is 2.57. The number of halogens is 1. The maximum absolute atomic E-state index is 13.4. The van der Waals surface area contributed by atoms with E-state index in [0.717, 1.165) is 37.0 Å². The van der Waals surface area contributed by atoms with Crippen molar-refractivity contribution in [2.45, 2.75) is 43.6 Å². The molecule has 1 aromatic carbocycles. The summed E-state index contributed by atoms with van der Waals surface area (Å²) < 4.78 is 19.3. The summed E-state index contributed by atoms with van der Waals surface area (Å²) in [5, 5.41) is 0. The minimum absolute atomic E-state index is 0.0354. The molecular weight excluding hydrogens is 217 g/mol. The summed E-state index contributed by atoms with van der Waals surface area (Å²) in [6.07, 6.45) is 5.85. The van der Waals surface area contributed by atoms with Crippen LogP contribution in [0.2, 0.25) is 0 Å². The normalized spacial score (nSPS) is 22.0. The Balaban J connectivity index is 1.96. The molecule has 3 heteroatoms. The van der Waals surface area contributed by atoms with Gasteiger partial charge in [-0.2, -0.15) is 0 Å². The smallest absolute Gasteiger partial charge is 0.123 e. The molecule has 0 bridgehead atoms. The van der Waals surface area contributed by atoms with Crippen molar-refractivity contribution in [2.24, 2.45) is 5.73 Å². The van der Waals surface area contributed by atoms with Gasteiger partial charge in [0.1, 0.15) is 11.6 Å². The Bertz CT molecular complexity index is 419. The Morgan fingerprint density at radius 2 is 2.12 bits per heavy atom. The molecule has 0 radical (unpaired) electrons. The van der Waals surface area contributed by atoms with Crippen LogP contribution in [0.1, 0.15) is 37.7 Å². The van der Waals surface area contributed by atoms with Gasteiger partial charge in [-0.1, -0.05) is 6.42 Å².